The van der Waals surface area contributed by atoms with Gasteiger partial charge in [0.2, 0.25) is 11.8 Å². The lowest BCUT2D eigenvalue weighted by atomic mass is 9.94. The predicted molar refractivity (Wildman–Crippen MR) is 195 cm³/mol. The Bertz CT molecular complexity index is 1920. The molecule has 11 heteroatoms. The Morgan fingerprint density at radius 2 is 1.69 bits per heavy atom. The van der Waals surface area contributed by atoms with Gasteiger partial charge in [-0.25, -0.2) is 14.2 Å². The van der Waals surface area contributed by atoms with Gasteiger partial charge in [-0.2, -0.15) is 0 Å². The van der Waals surface area contributed by atoms with Crippen LogP contribution in [0.2, 0.25) is 0 Å². The number of allylic oxidation sites excluding steroid dienone is 1. The van der Waals surface area contributed by atoms with Crippen molar-refractivity contribution in [3.05, 3.63) is 71.2 Å². The Morgan fingerprint density at radius 3 is 2.39 bits per heavy atom. The summed E-state index contributed by atoms with van der Waals surface area (Å²) in [4.78, 5) is 54.8. The van der Waals surface area contributed by atoms with Gasteiger partial charge < -0.3 is 24.8 Å². The molecule has 3 aliphatic heterocycles. The number of nitrogens with one attached hydrogen (secondary N) is 2. The van der Waals surface area contributed by atoms with Gasteiger partial charge in [-0.3, -0.25) is 14.6 Å². The first-order valence-corrected chi connectivity index (χ1v) is 17.9. The van der Waals surface area contributed by atoms with Gasteiger partial charge in [-0.05, 0) is 66.1 Å². The number of alkyl carbamates (subject to hydrolysis) is 1. The number of amides is 3. The fourth-order valence-electron chi connectivity index (χ4n) is 7.09. The minimum Gasteiger partial charge on any atom is -0.453 e. The summed E-state index contributed by atoms with van der Waals surface area (Å²) in [6.07, 6.45) is 2.83. The largest absolute Gasteiger partial charge is 0.453 e. The molecule has 51 heavy (non-hydrogen) atoms. The van der Waals surface area contributed by atoms with E-state index in [1.54, 1.807) is 0 Å². The minimum absolute atomic E-state index is 0.0000878. The number of rotatable bonds is 8. The Balaban J connectivity index is 1.11. The molecule has 2 saturated heterocycles. The van der Waals surface area contributed by atoms with Crippen LogP contribution in [0, 0.1) is 29.6 Å². The zero-order valence-corrected chi connectivity index (χ0v) is 30.2. The third-order valence-corrected chi connectivity index (χ3v) is 10.4. The van der Waals surface area contributed by atoms with Crippen molar-refractivity contribution in [1.82, 2.24) is 25.1 Å². The first-order chi connectivity index (χ1) is 24.4. The number of aliphatic imine (C=N–C) groups is 1. The van der Waals surface area contributed by atoms with E-state index in [2.05, 4.69) is 48.1 Å². The van der Waals surface area contributed by atoms with E-state index >= 15 is 0 Å². The van der Waals surface area contributed by atoms with Crippen molar-refractivity contribution >= 4 is 40.2 Å². The standard InChI is InChI=1S/C40H47FN6O4/c1-23(2)25(5)38(48)46-17-7-8-34(46)33-19-29(21-42-33)28-14-11-26(12-15-28)9-10-27-13-16-31-32(18-27)44-37(43-31)35-20-30(41)22-47(35)39(49)36(24(3)4)45-40(50)51-6/h11-16,18,21,23-25,30,34-36H,7-8,17,19-20,22H2,1-6H3,(H,43,44)(H,45,50)/t25-,30+,34-,35-,36-/m0/s1. The number of hydrogen-bond acceptors (Lipinski definition) is 6. The van der Waals surface area contributed by atoms with Gasteiger partial charge in [0.25, 0.3) is 0 Å². The average Bonchev–Trinajstić information content (AvgIpc) is 3.94. The number of carbonyl (C=O) groups is 3. The maximum atomic E-state index is 14.7. The fourth-order valence-corrected chi connectivity index (χ4v) is 7.09. The lowest BCUT2D eigenvalue weighted by Gasteiger charge is -2.29. The van der Waals surface area contributed by atoms with E-state index in [1.807, 2.05) is 62.2 Å². The quantitative estimate of drug-likeness (QED) is 0.264. The van der Waals surface area contributed by atoms with E-state index in [-0.39, 0.29) is 42.7 Å². The number of hydrogen-bond donors (Lipinski definition) is 2. The molecule has 3 aliphatic rings. The molecule has 2 N–H and O–H groups in total. The van der Waals surface area contributed by atoms with E-state index in [0.717, 1.165) is 59.3 Å². The first-order valence-electron chi connectivity index (χ1n) is 17.9. The maximum Gasteiger partial charge on any atom is 0.407 e. The topological polar surface area (TPSA) is 120 Å². The molecule has 4 heterocycles. The summed E-state index contributed by atoms with van der Waals surface area (Å²) in [5.41, 5.74) is 6.38. The van der Waals surface area contributed by atoms with Gasteiger partial charge in [-0.15, -0.1) is 0 Å². The van der Waals surface area contributed by atoms with Crippen LogP contribution in [0.1, 0.15) is 88.9 Å². The summed E-state index contributed by atoms with van der Waals surface area (Å²) >= 11 is 0. The van der Waals surface area contributed by atoms with Crippen molar-refractivity contribution in [1.29, 1.82) is 0 Å². The molecule has 0 aliphatic carbocycles. The molecule has 10 nitrogen and oxygen atoms in total. The Morgan fingerprint density at radius 1 is 0.961 bits per heavy atom. The number of halogens is 1. The second-order valence-electron chi connectivity index (χ2n) is 14.6. The van der Waals surface area contributed by atoms with Gasteiger partial charge in [0, 0.05) is 48.3 Å². The Kier molecular flexibility index (Phi) is 10.6. The van der Waals surface area contributed by atoms with Crippen molar-refractivity contribution in [3.63, 3.8) is 0 Å². The number of methoxy groups -OCH3 is 1. The number of aromatic nitrogens is 2. The van der Waals surface area contributed by atoms with Gasteiger partial charge >= 0.3 is 6.09 Å². The monoisotopic (exact) mass is 694 g/mol. The normalized spacial score (nSPS) is 21.4. The van der Waals surface area contributed by atoms with Crippen LogP contribution in [-0.4, -0.2) is 81.8 Å². The number of imidazole rings is 1. The number of alkyl halides is 1. The van der Waals surface area contributed by atoms with Crippen LogP contribution in [0.5, 0.6) is 0 Å². The van der Waals surface area contributed by atoms with E-state index in [4.69, 9.17) is 14.7 Å². The van der Waals surface area contributed by atoms with Gasteiger partial charge in [-0.1, -0.05) is 58.6 Å². The number of fused-ring (bicyclic) bond motifs is 1. The molecule has 2 aromatic carbocycles. The summed E-state index contributed by atoms with van der Waals surface area (Å²) in [7, 11) is 1.24. The lowest BCUT2D eigenvalue weighted by Crippen LogP contribution is -2.51. The number of H-pyrrole nitrogens is 1. The number of benzene rings is 2. The zero-order chi connectivity index (χ0) is 36.4. The van der Waals surface area contributed by atoms with Crippen molar-refractivity contribution < 1.29 is 23.5 Å². The van der Waals surface area contributed by atoms with E-state index in [9.17, 15) is 18.8 Å². The van der Waals surface area contributed by atoms with Crippen molar-refractivity contribution in [3.8, 4) is 11.8 Å². The summed E-state index contributed by atoms with van der Waals surface area (Å²) in [6.45, 7) is 10.6. The molecule has 0 unspecified atom stereocenters. The summed E-state index contributed by atoms with van der Waals surface area (Å²) < 4.78 is 19.4. The first kappa shape index (κ1) is 35.8. The highest BCUT2D eigenvalue weighted by Crippen LogP contribution is 2.35. The van der Waals surface area contributed by atoms with Crippen molar-refractivity contribution in [2.75, 3.05) is 20.2 Å². The molecule has 3 aromatic rings. The second kappa shape index (κ2) is 15.1. The minimum atomic E-state index is -1.21. The molecule has 3 amide bonds. The molecule has 6 rings (SSSR count). The molecule has 0 bridgehead atoms. The van der Waals surface area contributed by atoms with Crippen LogP contribution < -0.4 is 5.32 Å². The third kappa shape index (κ3) is 7.70. The van der Waals surface area contributed by atoms with Gasteiger partial charge in [0.05, 0.1) is 36.8 Å². The molecule has 0 radical (unpaired) electrons. The van der Waals surface area contributed by atoms with Crippen LogP contribution in [0.25, 0.3) is 16.6 Å². The van der Waals surface area contributed by atoms with Gasteiger partial charge in [0.15, 0.2) is 0 Å². The Labute approximate surface area is 298 Å². The zero-order valence-electron chi connectivity index (χ0n) is 30.2. The molecular formula is C40H47FN6O4. The summed E-state index contributed by atoms with van der Waals surface area (Å²) in [5.74, 6) is 6.90. The third-order valence-electron chi connectivity index (χ3n) is 10.4. The van der Waals surface area contributed by atoms with Crippen molar-refractivity contribution in [2.45, 2.75) is 84.6 Å². The second-order valence-corrected chi connectivity index (χ2v) is 14.6. The maximum absolute atomic E-state index is 14.7. The van der Waals surface area contributed by atoms with E-state index < -0.39 is 24.3 Å². The van der Waals surface area contributed by atoms with Crippen LogP contribution in [0.15, 0.2) is 53.7 Å². The number of likely N-dealkylation sites (tertiary alicyclic amines) is 2. The molecule has 0 saturated carbocycles. The lowest BCUT2D eigenvalue weighted by molar-refractivity contribution is -0.136. The summed E-state index contributed by atoms with van der Waals surface area (Å²) in [6, 6.07) is 12.4. The highest BCUT2D eigenvalue weighted by atomic mass is 19.1. The smallest absolute Gasteiger partial charge is 0.407 e. The van der Waals surface area contributed by atoms with Gasteiger partial charge in [0.1, 0.15) is 18.0 Å². The molecule has 2 fully saturated rings. The summed E-state index contributed by atoms with van der Waals surface area (Å²) in [5, 5.41) is 2.59. The Hall–Kier alpha value is -4.98. The van der Waals surface area contributed by atoms with Crippen LogP contribution >= 0.6 is 0 Å². The van der Waals surface area contributed by atoms with Crippen LogP contribution in [0.3, 0.4) is 0 Å². The molecule has 5 atom stereocenters. The number of aromatic amines is 1. The van der Waals surface area contributed by atoms with Crippen molar-refractivity contribution in [2.24, 2.45) is 22.7 Å². The van der Waals surface area contributed by atoms with E-state index in [1.165, 1.54) is 12.0 Å². The van der Waals surface area contributed by atoms with Crippen LogP contribution in [-0.2, 0) is 14.3 Å². The molecule has 268 valence electrons. The highest BCUT2D eigenvalue weighted by molar-refractivity contribution is 6.03. The average molecular weight is 695 g/mol. The number of nitrogens with zero attached hydrogens (tertiary/aromatic N) is 4. The number of ether oxygens (including phenoxy) is 1. The predicted octanol–water partition coefficient (Wildman–Crippen LogP) is 6.42. The van der Waals surface area contributed by atoms with E-state index in [0.29, 0.717) is 17.3 Å². The molecule has 0 spiro atoms. The fraction of sp³-hybridized carbons (Fsp3) is 0.475. The van der Waals surface area contributed by atoms with Crippen LogP contribution in [0.4, 0.5) is 9.18 Å². The highest BCUT2D eigenvalue weighted by Gasteiger charge is 2.42. The number of carbonyl (C=O) groups excluding carboxylic acids is 3. The molecular weight excluding hydrogens is 647 g/mol. The molecule has 1 aromatic heterocycles. The SMILES string of the molecule is COC(=O)N[C@H](C(=O)N1C[C@H](F)C[C@H]1c1nc2ccc(C#Cc3ccc(C4=CN=C([C@@H]5CCCN5C(=O)[C@@H](C)C(C)C)C4)cc3)cc2[nH]1)C(C)C.